The molecule has 106 valence electrons. The average molecular weight is 272 g/mol. The van der Waals surface area contributed by atoms with Gasteiger partial charge in [-0.3, -0.25) is 4.90 Å². The Morgan fingerprint density at radius 3 is 2.65 bits per heavy atom. The molecule has 0 amide bonds. The van der Waals surface area contributed by atoms with Crippen molar-refractivity contribution >= 4 is 6.01 Å². The summed E-state index contributed by atoms with van der Waals surface area (Å²) in [5.41, 5.74) is 1.38. The van der Waals surface area contributed by atoms with Gasteiger partial charge in [-0.15, -0.1) is 0 Å². The number of nitrogens with zero attached hydrogens (tertiary/aromatic N) is 3. The zero-order chi connectivity index (χ0) is 13.8. The predicted octanol–water partition coefficient (Wildman–Crippen LogP) is 2.45. The lowest BCUT2D eigenvalue weighted by molar-refractivity contribution is 0.210. The molecule has 1 saturated heterocycles. The van der Waals surface area contributed by atoms with E-state index in [1.165, 1.54) is 5.56 Å². The molecule has 1 aromatic carbocycles. The molecular formula is C15H20N4O. The number of likely N-dealkylation sites (tertiary alicyclic amines) is 1. The second kappa shape index (κ2) is 6.05. The fourth-order valence-corrected chi connectivity index (χ4v) is 2.61. The van der Waals surface area contributed by atoms with Crippen LogP contribution in [0.5, 0.6) is 0 Å². The molecule has 1 aliphatic heterocycles. The van der Waals surface area contributed by atoms with Crippen molar-refractivity contribution in [1.29, 1.82) is 0 Å². The minimum atomic E-state index is 0.432. The summed E-state index contributed by atoms with van der Waals surface area (Å²) in [6.45, 7) is 5.06. The summed E-state index contributed by atoms with van der Waals surface area (Å²) in [7, 11) is 0. The van der Waals surface area contributed by atoms with Crippen LogP contribution in [0.15, 0.2) is 34.9 Å². The highest BCUT2D eigenvalue weighted by atomic mass is 16.5. The molecule has 0 radical (unpaired) electrons. The van der Waals surface area contributed by atoms with E-state index in [1.807, 2.05) is 6.92 Å². The van der Waals surface area contributed by atoms with Gasteiger partial charge in [0, 0.05) is 25.7 Å². The first-order valence-corrected chi connectivity index (χ1v) is 7.13. The molecule has 0 unspecified atom stereocenters. The molecule has 2 aromatic rings. The van der Waals surface area contributed by atoms with Gasteiger partial charge in [0.15, 0.2) is 5.82 Å². The van der Waals surface area contributed by atoms with E-state index in [0.29, 0.717) is 17.9 Å². The standard InChI is InChI=1S/C15H20N4O/c1-12-16-15(20-18-12)17-14-7-9-19(10-8-14)11-13-5-3-2-4-6-13/h2-6,14H,7-11H2,1H3,(H,16,17,18). The van der Waals surface area contributed by atoms with E-state index in [9.17, 15) is 0 Å². The molecular weight excluding hydrogens is 252 g/mol. The molecule has 5 nitrogen and oxygen atoms in total. The smallest absolute Gasteiger partial charge is 0.321 e. The minimum absolute atomic E-state index is 0.432. The van der Waals surface area contributed by atoms with Crippen LogP contribution in [-0.2, 0) is 6.54 Å². The maximum Gasteiger partial charge on any atom is 0.321 e. The lowest BCUT2D eigenvalue weighted by atomic mass is 10.0. The summed E-state index contributed by atoms with van der Waals surface area (Å²) in [5, 5.41) is 7.11. The van der Waals surface area contributed by atoms with Crippen molar-refractivity contribution in [2.75, 3.05) is 18.4 Å². The molecule has 3 rings (SSSR count). The first-order valence-electron chi connectivity index (χ1n) is 7.13. The highest BCUT2D eigenvalue weighted by Crippen LogP contribution is 2.17. The molecule has 1 aliphatic rings. The Labute approximate surface area is 119 Å². The summed E-state index contributed by atoms with van der Waals surface area (Å²) < 4.78 is 5.10. The number of anilines is 1. The van der Waals surface area contributed by atoms with Crippen molar-refractivity contribution < 1.29 is 4.52 Å². The number of benzene rings is 1. The number of aromatic nitrogens is 2. The van der Waals surface area contributed by atoms with Crippen LogP contribution in [0.2, 0.25) is 0 Å². The number of hydrogen-bond donors (Lipinski definition) is 1. The highest BCUT2D eigenvalue weighted by Gasteiger charge is 2.20. The van der Waals surface area contributed by atoms with Gasteiger partial charge in [-0.05, 0) is 25.3 Å². The Kier molecular flexibility index (Phi) is 3.97. The third-order valence-electron chi connectivity index (χ3n) is 3.69. The molecule has 5 heteroatoms. The van der Waals surface area contributed by atoms with Gasteiger partial charge in [0.2, 0.25) is 0 Å². The van der Waals surface area contributed by atoms with Crippen molar-refractivity contribution in [3.63, 3.8) is 0 Å². The Balaban J connectivity index is 1.47. The van der Waals surface area contributed by atoms with Crippen LogP contribution in [0.4, 0.5) is 6.01 Å². The van der Waals surface area contributed by atoms with Gasteiger partial charge in [-0.25, -0.2) is 0 Å². The largest absolute Gasteiger partial charge is 0.335 e. The SMILES string of the molecule is Cc1noc(NC2CCN(Cc3ccccc3)CC2)n1. The van der Waals surface area contributed by atoms with Gasteiger partial charge in [-0.1, -0.05) is 35.5 Å². The van der Waals surface area contributed by atoms with Crippen molar-refractivity contribution in [3.05, 3.63) is 41.7 Å². The lowest BCUT2D eigenvalue weighted by Crippen LogP contribution is -2.38. The molecule has 2 heterocycles. The van der Waals surface area contributed by atoms with E-state index in [-0.39, 0.29) is 0 Å². The Bertz CT molecular complexity index is 532. The van der Waals surface area contributed by atoms with Crippen molar-refractivity contribution in [2.24, 2.45) is 0 Å². The van der Waals surface area contributed by atoms with Crippen LogP contribution >= 0.6 is 0 Å². The minimum Gasteiger partial charge on any atom is -0.335 e. The highest BCUT2D eigenvalue weighted by molar-refractivity contribution is 5.21. The van der Waals surface area contributed by atoms with Gasteiger partial charge in [0.1, 0.15) is 0 Å². The fourth-order valence-electron chi connectivity index (χ4n) is 2.61. The van der Waals surface area contributed by atoms with Gasteiger partial charge in [-0.2, -0.15) is 4.98 Å². The monoisotopic (exact) mass is 272 g/mol. The van der Waals surface area contributed by atoms with E-state index in [2.05, 4.69) is 50.7 Å². The average Bonchev–Trinajstić information content (AvgIpc) is 2.88. The normalized spacial score (nSPS) is 17.2. The summed E-state index contributed by atoms with van der Waals surface area (Å²) in [6, 6.07) is 11.6. The van der Waals surface area contributed by atoms with Crippen LogP contribution in [0.25, 0.3) is 0 Å². The topological polar surface area (TPSA) is 54.2 Å². The van der Waals surface area contributed by atoms with Gasteiger partial charge in [0.05, 0.1) is 0 Å². The second-order valence-corrected chi connectivity index (χ2v) is 5.33. The Hall–Kier alpha value is -1.88. The molecule has 0 saturated carbocycles. The number of hydrogen-bond acceptors (Lipinski definition) is 5. The van der Waals surface area contributed by atoms with Crippen LogP contribution in [0.1, 0.15) is 24.2 Å². The molecule has 0 atom stereocenters. The van der Waals surface area contributed by atoms with Crippen LogP contribution in [0, 0.1) is 6.92 Å². The Morgan fingerprint density at radius 2 is 2.00 bits per heavy atom. The molecule has 1 fully saturated rings. The summed E-state index contributed by atoms with van der Waals surface area (Å²) in [4.78, 5) is 6.68. The zero-order valence-electron chi connectivity index (χ0n) is 11.7. The summed E-state index contributed by atoms with van der Waals surface area (Å²) >= 11 is 0. The second-order valence-electron chi connectivity index (χ2n) is 5.33. The zero-order valence-corrected chi connectivity index (χ0v) is 11.7. The van der Waals surface area contributed by atoms with Gasteiger partial charge in [0.25, 0.3) is 0 Å². The molecule has 20 heavy (non-hydrogen) atoms. The first-order chi connectivity index (χ1) is 9.79. The maximum atomic E-state index is 5.10. The number of piperidine rings is 1. The third kappa shape index (κ3) is 3.36. The van der Waals surface area contributed by atoms with Crippen LogP contribution in [-0.4, -0.2) is 34.2 Å². The molecule has 0 aliphatic carbocycles. The number of rotatable bonds is 4. The van der Waals surface area contributed by atoms with E-state index in [1.54, 1.807) is 0 Å². The number of nitrogens with one attached hydrogen (secondary N) is 1. The third-order valence-corrected chi connectivity index (χ3v) is 3.69. The van der Waals surface area contributed by atoms with Crippen molar-refractivity contribution in [3.8, 4) is 0 Å². The predicted molar refractivity (Wildman–Crippen MR) is 77.4 cm³/mol. The van der Waals surface area contributed by atoms with Crippen LogP contribution in [0.3, 0.4) is 0 Å². The first kappa shape index (κ1) is 13.1. The van der Waals surface area contributed by atoms with E-state index in [4.69, 9.17) is 4.52 Å². The van der Waals surface area contributed by atoms with E-state index in [0.717, 1.165) is 32.5 Å². The van der Waals surface area contributed by atoms with Crippen molar-refractivity contribution in [2.45, 2.75) is 32.4 Å². The lowest BCUT2D eigenvalue weighted by Gasteiger charge is -2.31. The van der Waals surface area contributed by atoms with Gasteiger partial charge < -0.3 is 9.84 Å². The quantitative estimate of drug-likeness (QED) is 0.926. The van der Waals surface area contributed by atoms with Gasteiger partial charge >= 0.3 is 6.01 Å². The number of aryl methyl sites for hydroxylation is 1. The van der Waals surface area contributed by atoms with E-state index < -0.39 is 0 Å². The molecule has 1 aromatic heterocycles. The summed E-state index contributed by atoms with van der Waals surface area (Å²) in [6.07, 6.45) is 2.21. The maximum absolute atomic E-state index is 5.10. The van der Waals surface area contributed by atoms with Crippen LogP contribution < -0.4 is 5.32 Å². The fraction of sp³-hybridized carbons (Fsp3) is 0.467. The molecule has 0 spiro atoms. The molecule has 0 bridgehead atoms. The van der Waals surface area contributed by atoms with Crippen molar-refractivity contribution in [1.82, 2.24) is 15.0 Å². The molecule has 1 N–H and O–H groups in total. The Morgan fingerprint density at radius 1 is 1.25 bits per heavy atom. The summed E-state index contributed by atoms with van der Waals surface area (Å²) in [5.74, 6) is 0.675. The van der Waals surface area contributed by atoms with E-state index >= 15 is 0 Å².